The maximum atomic E-state index is 12.6. The van der Waals surface area contributed by atoms with E-state index in [-0.39, 0.29) is 0 Å². The topological polar surface area (TPSA) is 74.1 Å². The Balaban J connectivity index is 2.43. The Labute approximate surface area is 96.8 Å². The van der Waals surface area contributed by atoms with Crippen LogP contribution in [0.4, 0.5) is 3.89 Å². The summed E-state index contributed by atoms with van der Waals surface area (Å²) >= 11 is 0. The third-order valence-corrected chi connectivity index (χ3v) is 2.73. The third kappa shape index (κ3) is 2.41. The Hall–Kier alpha value is -1.96. The molecule has 0 aliphatic carbocycles. The maximum Gasteiger partial charge on any atom is 0.353 e. The van der Waals surface area contributed by atoms with Crippen LogP contribution in [0.5, 0.6) is 5.75 Å². The minimum Gasteiger partial charge on any atom is -0.497 e. The number of ether oxygens (including phenoxy) is 1. The van der Waals surface area contributed by atoms with Crippen molar-refractivity contribution in [1.29, 1.82) is 0 Å². The standard InChI is InChI=1S/C9H8FN3O3S/c1-16-8-4-2-3-7(5-8)13-6-9(11-12-13)17(10,14)15/h2-6H,1H3. The highest BCUT2D eigenvalue weighted by Gasteiger charge is 2.17. The molecule has 0 saturated heterocycles. The summed E-state index contributed by atoms with van der Waals surface area (Å²) in [5.41, 5.74) is 0.520. The number of nitrogens with zero attached hydrogens (tertiary/aromatic N) is 3. The van der Waals surface area contributed by atoms with Gasteiger partial charge in [0.15, 0.2) is 0 Å². The van der Waals surface area contributed by atoms with Crippen molar-refractivity contribution in [2.45, 2.75) is 5.03 Å². The summed E-state index contributed by atoms with van der Waals surface area (Å²) < 4.78 is 40.0. The fourth-order valence-electron chi connectivity index (χ4n) is 1.24. The summed E-state index contributed by atoms with van der Waals surface area (Å²) in [5, 5.41) is 6.03. The molecule has 90 valence electrons. The van der Waals surface area contributed by atoms with Crippen LogP contribution < -0.4 is 4.74 Å². The first-order valence-corrected chi connectivity index (χ1v) is 5.90. The Morgan fingerprint density at radius 1 is 1.41 bits per heavy atom. The van der Waals surface area contributed by atoms with E-state index in [2.05, 4.69) is 10.3 Å². The SMILES string of the molecule is COc1cccc(-n2cc(S(=O)(=O)F)nn2)c1. The minimum absolute atomic E-state index is 0.520. The lowest BCUT2D eigenvalue weighted by Gasteiger charge is -2.02. The second-order valence-electron chi connectivity index (χ2n) is 3.14. The second-order valence-corrected chi connectivity index (χ2v) is 4.43. The van der Waals surface area contributed by atoms with Crippen molar-refractivity contribution in [3.05, 3.63) is 30.5 Å². The molecule has 6 nitrogen and oxygen atoms in total. The second kappa shape index (κ2) is 4.13. The van der Waals surface area contributed by atoms with Crippen molar-refractivity contribution in [2.24, 2.45) is 0 Å². The summed E-state index contributed by atoms with van der Waals surface area (Å²) in [4.78, 5) is 0. The van der Waals surface area contributed by atoms with Gasteiger partial charge in [0.1, 0.15) is 5.75 Å². The van der Waals surface area contributed by atoms with Crippen molar-refractivity contribution in [2.75, 3.05) is 7.11 Å². The first-order valence-electron chi connectivity index (χ1n) is 4.52. The zero-order chi connectivity index (χ0) is 12.5. The van der Waals surface area contributed by atoms with Gasteiger partial charge in [0.05, 0.1) is 19.0 Å². The predicted molar refractivity (Wildman–Crippen MR) is 56.2 cm³/mol. The summed E-state index contributed by atoms with van der Waals surface area (Å²) in [6.07, 6.45) is 0.990. The summed E-state index contributed by atoms with van der Waals surface area (Å²) in [6.45, 7) is 0. The molecular weight excluding hydrogens is 249 g/mol. The molecule has 0 N–H and O–H groups in total. The highest BCUT2D eigenvalue weighted by Crippen LogP contribution is 2.16. The minimum atomic E-state index is -4.83. The number of halogens is 1. The molecule has 0 unspecified atom stereocenters. The van der Waals surface area contributed by atoms with Crippen LogP contribution in [0.2, 0.25) is 0 Å². The van der Waals surface area contributed by atoms with Gasteiger partial charge in [-0.25, -0.2) is 4.68 Å². The largest absolute Gasteiger partial charge is 0.497 e. The fourth-order valence-corrected chi connectivity index (χ4v) is 1.60. The monoisotopic (exact) mass is 257 g/mol. The molecule has 0 radical (unpaired) electrons. The zero-order valence-electron chi connectivity index (χ0n) is 8.74. The summed E-state index contributed by atoms with van der Waals surface area (Å²) in [7, 11) is -3.33. The van der Waals surface area contributed by atoms with Gasteiger partial charge in [-0.2, -0.15) is 8.42 Å². The molecule has 0 bridgehead atoms. The van der Waals surface area contributed by atoms with Crippen LogP contribution in [-0.4, -0.2) is 30.5 Å². The molecule has 8 heteroatoms. The Kier molecular flexibility index (Phi) is 2.80. The van der Waals surface area contributed by atoms with Gasteiger partial charge in [0, 0.05) is 6.07 Å². The van der Waals surface area contributed by atoms with E-state index < -0.39 is 15.2 Å². The van der Waals surface area contributed by atoms with Crippen molar-refractivity contribution in [3.63, 3.8) is 0 Å². The smallest absolute Gasteiger partial charge is 0.353 e. The highest BCUT2D eigenvalue weighted by atomic mass is 32.3. The molecule has 0 aliphatic heterocycles. The number of aromatic nitrogens is 3. The van der Waals surface area contributed by atoms with E-state index in [1.54, 1.807) is 24.3 Å². The molecule has 0 aliphatic rings. The molecule has 2 rings (SSSR count). The molecule has 1 aromatic heterocycles. The quantitative estimate of drug-likeness (QED) is 0.765. The highest BCUT2D eigenvalue weighted by molar-refractivity contribution is 7.86. The van der Waals surface area contributed by atoms with Gasteiger partial charge in [-0.15, -0.1) is 5.10 Å². The van der Waals surface area contributed by atoms with E-state index in [1.807, 2.05) is 0 Å². The van der Waals surface area contributed by atoms with Gasteiger partial charge >= 0.3 is 10.2 Å². The van der Waals surface area contributed by atoms with E-state index >= 15 is 0 Å². The van der Waals surface area contributed by atoms with Crippen molar-refractivity contribution in [1.82, 2.24) is 15.0 Å². The zero-order valence-corrected chi connectivity index (χ0v) is 9.56. The van der Waals surface area contributed by atoms with Crippen LogP contribution in [0, 0.1) is 0 Å². The van der Waals surface area contributed by atoms with E-state index in [9.17, 15) is 12.3 Å². The van der Waals surface area contributed by atoms with E-state index in [1.165, 1.54) is 7.11 Å². The number of rotatable bonds is 3. The number of hydrogen-bond donors (Lipinski definition) is 0. The summed E-state index contributed by atoms with van der Waals surface area (Å²) in [5.74, 6) is 0.572. The predicted octanol–water partition coefficient (Wildman–Crippen LogP) is 0.934. The van der Waals surface area contributed by atoms with Gasteiger partial charge < -0.3 is 4.74 Å². The lowest BCUT2D eigenvalue weighted by Crippen LogP contribution is -1.95. The Bertz CT molecular complexity index is 638. The van der Waals surface area contributed by atoms with Gasteiger partial charge in [-0.1, -0.05) is 15.2 Å². The van der Waals surface area contributed by atoms with Crippen LogP contribution in [-0.2, 0) is 10.2 Å². The van der Waals surface area contributed by atoms with Crippen LogP contribution in [0.1, 0.15) is 0 Å². The van der Waals surface area contributed by atoms with Gasteiger partial charge in [0.2, 0.25) is 5.03 Å². The molecule has 0 spiro atoms. The first-order chi connectivity index (χ1) is 8.00. The molecule has 0 fully saturated rings. The van der Waals surface area contributed by atoms with Crippen molar-refractivity contribution < 1.29 is 17.0 Å². The lowest BCUT2D eigenvalue weighted by atomic mass is 10.3. The maximum absolute atomic E-state index is 12.6. The van der Waals surface area contributed by atoms with Gasteiger partial charge in [-0.3, -0.25) is 0 Å². The molecule has 17 heavy (non-hydrogen) atoms. The Morgan fingerprint density at radius 3 is 2.76 bits per heavy atom. The third-order valence-electron chi connectivity index (χ3n) is 2.04. The summed E-state index contributed by atoms with van der Waals surface area (Å²) in [6, 6.07) is 6.68. The van der Waals surface area contributed by atoms with Crippen LogP contribution in [0.15, 0.2) is 35.5 Å². The van der Waals surface area contributed by atoms with Crippen molar-refractivity contribution in [3.8, 4) is 11.4 Å². The van der Waals surface area contributed by atoms with Crippen LogP contribution in [0.25, 0.3) is 5.69 Å². The molecule has 0 atom stereocenters. The molecule has 0 amide bonds. The molecule has 1 heterocycles. The van der Waals surface area contributed by atoms with E-state index in [4.69, 9.17) is 4.74 Å². The number of benzene rings is 1. The van der Waals surface area contributed by atoms with E-state index in [0.29, 0.717) is 11.4 Å². The van der Waals surface area contributed by atoms with Crippen molar-refractivity contribution >= 4 is 10.2 Å². The molecule has 1 aromatic carbocycles. The molecular formula is C9H8FN3O3S. The fraction of sp³-hybridized carbons (Fsp3) is 0.111. The van der Waals surface area contributed by atoms with Gasteiger partial charge in [0.25, 0.3) is 0 Å². The first kappa shape index (κ1) is 11.5. The molecule has 2 aromatic rings. The van der Waals surface area contributed by atoms with Gasteiger partial charge in [-0.05, 0) is 12.1 Å². The lowest BCUT2D eigenvalue weighted by molar-refractivity contribution is 0.414. The average molecular weight is 257 g/mol. The average Bonchev–Trinajstić information content (AvgIpc) is 2.78. The normalized spacial score (nSPS) is 11.4. The number of methoxy groups -OCH3 is 1. The molecule has 0 saturated carbocycles. The van der Waals surface area contributed by atoms with Crippen LogP contribution in [0.3, 0.4) is 0 Å². The number of hydrogen-bond acceptors (Lipinski definition) is 5. The van der Waals surface area contributed by atoms with Crippen LogP contribution >= 0.6 is 0 Å². The van der Waals surface area contributed by atoms with E-state index in [0.717, 1.165) is 10.9 Å². The Morgan fingerprint density at radius 2 is 2.18 bits per heavy atom.